The van der Waals surface area contributed by atoms with Gasteiger partial charge in [0.2, 0.25) is 5.89 Å². The zero-order valence-corrected chi connectivity index (χ0v) is 31.3. The number of hydrogen-bond donors (Lipinski definition) is 1. The van der Waals surface area contributed by atoms with E-state index in [-0.39, 0.29) is 40.5 Å². The lowest BCUT2D eigenvalue weighted by atomic mass is 9.40. The van der Waals surface area contributed by atoms with Crippen LogP contribution in [-0.4, -0.2) is 49.1 Å². The molecule has 7 unspecified atom stereocenters. The van der Waals surface area contributed by atoms with Crippen molar-refractivity contribution in [3.05, 3.63) is 35.6 Å². The number of fused-ring (bicyclic) bond motifs is 5. The molecule has 0 bridgehead atoms. The highest BCUT2D eigenvalue weighted by atomic mass is 16.5. The van der Waals surface area contributed by atoms with E-state index < -0.39 is 17.4 Å². The maximum absolute atomic E-state index is 13.9. The van der Waals surface area contributed by atoms with Gasteiger partial charge in [0.05, 0.1) is 17.9 Å². The predicted octanol–water partition coefficient (Wildman–Crippen LogP) is 8.07. The van der Waals surface area contributed by atoms with Crippen molar-refractivity contribution in [1.82, 2.24) is 20.2 Å². The highest BCUT2D eigenvalue weighted by molar-refractivity contribution is 6.00. The quantitative estimate of drug-likeness (QED) is 0.230. The fourth-order valence-corrected chi connectivity index (χ4v) is 11.0. The topological polar surface area (TPSA) is 145 Å². The van der Waals surface area contributed by atoms with Gasteiger partial charge in [-0.25, -0.2) is 9.97 Å². The van der Waals surface area contributed by atoms with Crippen LogP contribution in [0.15, 0.2) is 34.2 Å². The van der Waals surface area contributed by atoms with Crippen LogP contribution in [0.25, 0.3) is 11.6 Å². The number of aliphatic carboxylic acids is 1. The molecule has 10 nitrogen and oxygen atoms in total. The summed E-state index contributed by atoms with van der Waals surface area (Å²) >= 11 is 0. The van der Waals surface area contributed by atoms with Crippen molar-refractivity contribution in [3.8, 4) is 11.6 Å². The summed E-state index contributed by atoms with van der Waals surface area (Å²) < 4.78 is 12.0. The monoisotopic (exact) mass is 688 g/mol. The van der Waals surface area contributed by atoms with Crippen molar-refractivity contribution in [2.45, 2.75) is 132 Å². The second kappa shape index (κ2) is 13.3. The van der Waals surface area contributed by atoms with E-state index in [4.69, 9.17) is 9.15 Å². The molecule has 6 rings (SSSR count). The first kappa shape index (κ1) is 36.4. The highest BCUT2D eigenvalue weighted by Crippen LogP contribution is 2.70. The van der Waals surface area contributed by atoms with Crippen molar-refractivity contribution in [1.29, 1.82) is 0 Å². The van der Waals surface area contributed by atoms with Crippen LogP contribution in [0.3, 0.4) is 0 Å². The maximum Gasteiger partial charge on any atom is 0.309 e. The third kappa shape index (κ3) is 6.33. The van der Waals surface area contributed by atoms with E-state index >= 15 is 0 Å². The molecule has 0 saturated heterocycles. The van der Waals surface area contributed by atoms with E-state index in [0.717, 1.165) is 50.5 Å². The lowest BCUT2D eigenvalue weighted by molar-refractivity contribution is -0.160. The molecule has 272 valence electrons. The van der Waals surface area contributed by atoms with Crippen LogP contribution < -0.4 is 0 Å². The van der Waals surface area contributed by atoms with Crippen LogP contribution in [0.5, 0.6) is 0 Å². The molecule has 50 heavy (non-hydrogen) atoms. The average molecular weight is 689 g/mol. The summed E-state index contributed by atoms with van der Waals surface area (Å²) in [5, 5.41) is 18.2. The van der Waals surface area contributed by atoms with Gasteiger partial charge in [0.15, 0.2) is 5.78 Å². The number of ketones is 1. The summed E-state index contributed by atoms with van der Waals surface area (Å²) in [6.07, 6.45) is 12.0. The minimum atomic E-state index is -1.15. The van der Waals surface area contributed by atoms with Crippen molar-refractivity contribution in [2.75, 3.05) is 0 Å². The van der Waals surface area contributed by atoms with Crippen LogP contribution >= 0.6 is 0 Å². The molecule has 2 aromatic heterocycles. The van der Waals surface area contributed by atoms with Gasteiger partial charge in [-0.15, -0.1) is 10.2 Å². The molecule has 0 aliphatic heterocycles. The summed E-state index contributed by atoms with van der Waals surface area (Å²) in [6, 6.07) is 1.76. The van der Waals surface area contributed by atoms with Gasteiger partial charge in [-0.1, -0.05) is 40.2 Å². The molecule has 0 aromatic carbocycles. The molecule has 4 aliphatic rings. The van der Waals surface area contributed by atoms with Gasteiger partial charge in [0, 0.05) is 24.5 Å². The number of esters is 1. The number of carboxylic acid groups (broad SMARTS) is 1. The van der Waals surface area contributed by atoms with E-state index in [1.54, 1.807) is 26.1 Å². The van der Waals surface area contributed by atoms with Crippen molar-refractivity contribution in [3.63, 3.8) is 0 Å². The summed E-state index contributed by atoms with van der Waals surface area (Å²) in [7, 11) is 0. The Morgan fingerprint density at radius 3 is 2.54 bits per heavy atom. The minimum Gasteiger partial charge on any atom is -0.481 e. The number of carbonyl (C=O) groups is 3. The fraction of sp³-hybridized carbons (Fsp3) is 0.725. The smallest absolute Gasteiger partial charge is 0.309 e. The Morgan fingerprint density at radius 2 is 1.86 bits per heavy atom. The number of carbonyl (C=O) groups excluding carboxylic acids is 2. The van der Waals surface area contributed by atoms with Crippen LogP contribution in [0.1, 0.15) is 125 Å². The Morgan fingerprint density at radius 1 is 1.10 bits per heavy atom. The summed E-state index contributed by atoms with van der Waals surface area (Å²) in [5.74, 6) is 1.84. The molecule has 2 aromatic rings. The Labute approximate surface area is 296 Å². The zero-order valence-electron chi connectivity index (χ0n) is 31.3. The molecule has 2 heterocycles. The summed E-state index contributed by atoms with van der Waals surface area (Å²) in [5.41, 5.74) is 1.79. The van der Waals surface area contributed by atoms with E-state index in [1.807, 2.05) is 6.92 Å². The van der Waals surface area contributed by atoms with Gasteiger partial charge in [-0.05, 0) is 124 Å². The average Bonchev–Trinajstić information content (AvgIpc) is 3.63. The first-order valence-corrected chi connectivity index (χ1v) is 18.8. The van der Waals surface area contributed by atoms with Gasteiger partial charge in [-0.2, -0.15) is 0 Å². The van der Waals surface area contributed by atoms with Gasteiger partial charge < -0.3 is 14.3 Å². The molecule has 10 heteroatoms. The second-order valence-electron chi connectivity index (χ2n) is 17.7. The number of rotatable bonds is 11. The molecule has 3 saturated carbocycles. The molecule has 0 radical (unpaired) electrons. The third-order valence-electron chi connectivity index (χ3n) is 13.8. The number of aromatic nitrogens is 4. The lowest BCUT2D eigenvalue weighted by Gasteiger charge is -2.65. The first-order chi connectivity index (χ1) is 23.5. The Hall–Kier alpha value is -3.43. The Kier molecular flexibility index (Phi) is 9.66. The van der Waals surface area contributed by atoms with Crippen LogP contribution in [0, 0.1) is 51.2 Å². The predicted molar refractivity (Wildman–Crippen MR) is 187 cm³/mol. The standard InChI is InChI=1S/C40H56N4O6/c1-23(2)33-29(45)19-40(20-31-43-44-35(50-31)28-14-18-41-22-42-28)17-13-27-26(34(33)40)9-10-30-38(7,24(3)11-15-39(27,30)8)16-12-25(4)49-32(46)21-37(5,6)36(47)48/h14,18,22-27,30H,9-13,15-17,19-21H2,1-8H3,(H,47,48)/t24-,25?,26?,27?,30?,38?,39?,40?/m1/s1. The van der Waals surface area contributed by atoms with Crippen LogP contribution in [0.4, 0.5) is 0 Å². The van der Waals surface area contributed by atoms with Gasteiger partial charge in [-0.3, -0.25) is 14.4 Å². The van der Waals surface area contributed by atoms with Gasteiger partial charge >= 0.3 is 11.9 Å². The molecule has 0 spiro atoms. The number of ether oxygens (including phenoxy) is 1. The van der Waals surface area contributed by atoms with E-state index in [2.05, 4.69) is 54.8 Å². The molecule has 0 amide bonds. The number of hydrogen-bond acceptors (Lipinski definition) is 9. The van der Waals surface area contributed by atoms with Crippen LogP contribution in [-0.2, 0) is 25.5 Å². The number of Topliss-reactive ketones (excluding diaryl/α,β-unsaturated/α-hetero) is 1. The van der Waals surface area contributed by atoms with E-state index in [0.29, 0.717) is 54.0 Å². The van der Waals surface area contributed by atoms with Gasteiger partial charge in [0.1, 0.15) is 12.0 Å². The summed E-state index contributed by atoms with van der Waals surface area (Å²) in [6.45, 7) is 16.8. The molecule has 3 fully saturated rings. The normalized spacial score (nSPS) is 33.1. The Balaban J connectivity index is 1.23. The third-order valence-corrected chi connectivity index (χ3v) is 13.8. The van der Waals surface area contributed by atoms with E-state index in [1.165, 1.54) is 18.3 Å². The molecular weight excluding hydrogens is 632 g/mol. The molecular formula is C40H56N4O6. The van der Waals surface area contributed by atoms with Crippen LogP contribution in [0.2, 0.25) is 0 Å². The number of nitrogens with zero attached hydrogens (tertiary/aromatic N) is 4. The molecule has 8 atom stereocenters. The highest BCUT2D eigenvalue weighted by Gasteiger charge is 2.63. The fourth-order valence-electron chi connectivity index (χ4n) is 11.0. The van der Waals surface area contributed by atoms with Crippen molar-refractivity contribution in [2.24, 2.45) is 51.2 Å². The second-order valence-corrected chi connectivity index (χ2v) is 17.7. The minimum absolute atomic E-state index is 0.0788. The Bertz CT molecular complexity index is 1650. The number of allylic oxidation sites excluding steroid dienone is 2. The molecule has 4 aliphatic carbocycles. The van der Waals surface area contributed by atoms with E-state index in [9.17, 15) is 19.5 Å². The zero-order chi connectivity index (χ0) is 36.2. The lowest BCUT2D eigenvalue weighted by Crippen LogP contribution is -2.57. The van der Waals surface area contributed by atoms with Crippen molar-refractivity contribution < 1.29 is 28.6 Å². The summed E-state index contributed by atoms with van der Waals surface area (Å²) in [4.78, 5) is 46.4. The maximum atomic E-state index is 13.9. The molecule has 1 N–H and O–H groups in total. The van der Waals surface area contributed by atoms with Gasteiger partial charge in [0.25, 0.3) is 5.89 Å². The largest absolute Gasteiger partial charge is 0.481 e. The SMILES string of the molecule is CC(CCC1(C)C2CCC3C4=C(C(C)C)C(=O)CC4(Cc4nnc(-c5ccncn5)o4)CCC3C2(C)CC[C@H]1C)OC(=O)CC(C)(C)C(=O)O. The number of carboxylic acids is 1. The first-order valence-electron chi connectivity index (χ1n) is 18.8. The van der Waals surface area contributed by atoms with Crippen molar-refractivity contribution >= 4 is 17.7 Å².